The molecule has 0 N–H and O–H groups in total. The van der Waals surface area contributed by atoms with E-state index in [1.807, 2.05) is 0 Å². The number of methoxy groups -OCH3 is 1. The Bertz CT molecular complexity index is 1020. The molecule has 0 radical (unpaired) electrons. The molecule has 0 bridgehead atoms. The van der Waals surface area contributed by atoms with E-state index in [-0.39, 0.29) is 23.4 Å². The summed E-state index contributed by atoms with van der Waals surface area (Å²) in [5, 5.41) is 0. The number of hydrogen-bond donors (Lipinski definition) is 0. The first kappa shape index (κ1) is 21.9. The van der Waals surface area contributed by atoms with Crippen LogP contribution >= 0.6 is 0 Å². The topological polar surface area (TPSA) is 93.2 Å². The predicted molar refractivity (Wildman–Crippen MR) is 107 cm³/mol. The van der Waals surface area contributed by atoms with Gasteiger partial charge >= 0.3 is 5.97 Å². The van der Waals surface area contributed by atoms with Crippen molar-refractivity contribution in [3.8, 4) is 5.75 Å². The summed E-state index contributed by atoms with van der Waals surface area (Å²) in [6.45, 7) is 0.866. The van der Waals surface area contributed by atoms with Gasteiger partial charge in [-0.05, 0) is 36.8 Å². The van der Waals surface area contributed by atoms with Gasteiger partial charge in [0.05, 0.1) is 18.2 Å². The monoisotopic (exact) mass is 428 g/mol. The molecule has 9 heteroatoms. The van der Waals surface area contributed by atoms with Crippen molar-refractivity contribution in [3.63, 3.8) is 0 Å². The number of carbonyl (C=O) groups excluding carboxylic acids is 4. The van der Waals surface area contributed by atoms with Crippen LogP contribution in [-0.2, 0) is 20.9 Å². The number of hydrogen-bond acceptors (Lipinski definition) is 6. The van der Waals surface area contributed by atoms with E-state index in [9.17, 15) is 23.6 Å². The van der Waals surface area contributed by atoms with Crippen molar-refractivity contribution in [3.05, 3.63) is 65.0 Å². The summed E-state index contributed by atoms with van der Waals surface area (Å²) in [4.78, 5) is 51.7. The van der Waals surface area contributed by atoms with E-state index in [1.165, 1.54) is 50.2 Å². The Morgan fingerprint density at radius 2 is 1.71 bits per heavy atom. The maximum Gasteiger partial charge on any atom is 0.329 e. The fraction of sp³-hybridized carbons (Fsp3) is 0.273. The van der Waals surface area contributed by atoms with Crippen LogP contribution in [0.25, 0.3) is 0 Å². The fourth-order valence-electron chi connectivity index (χ4n) is 3.20. The number of imide groups is 1. The largest absolute Gasteiger partial charge is 0.494 e. The third kappa shape index (κ3) is 4.40. The first-order valence-corrected chi connectivity index (χ1v) is 9.44. The molecule has 0 aromatic heterocycles. The predicted octanol–water partition coefficient (Wildman–Crippen LogP) is 2.02. The zero-order valence-electron chi connectivity index (χ0n) is 17.3. The summed E-state index contributed by atoms with van der Waals surface area (Å²) in [5.74, 6) is -3.05. The molecule has 2 aromatic rings. The molecule has 1 unspecified atom stereocenters. The van der Waals surface area contributed by atoms with Crippen LogP contribution in [0.2, 0.25) is 0 Å². The van der Waals surface area contributed by atoms with E-state index < -0.39 is 42.2 Å². The minimum atomic E-state index is -1.19. The number of esters is 1. The van der Waals surface area contributed by atoms with E-state index in [0.717, 1.165) is 4.90 Å². The smallest absolute Gasteiger partial charge is 0.329 e. The Kier molecular flexibility index (Phi) is 6.33. The van der Waals surface area contributed by atoms with Gasteiger partial charge in [0.2, 0.25) is 0 Å². The standard InChI is InChI=1S/C22H21FN2O6/c1-13(25-20(27)15-6-4-5-7-16(15)21(25)28)22(29)31-12-19(26)24(2)11-14-8-9-18(30-3)17(23)10-14/h4-10,13H,11-12H2,1-3H3. The zero-order chi connectivity index (χ0) is 22.7. The van der Waals surface area contributed by atoms with Crippen LogP contribution < -0.4 is 4.74 Å². The Labute approximate surface area is 178 Å². The van der Waals surface area contributed by atoms with E-state index in [4.69, 9.17) is 9.47 Å². The third-order valence-corrected chi connectivity index (χ3v) is 4.95. The number of nitrogens with zero attached hydrogens (tertiary/aromatic N) is 2. The second-order valence-corrected chi connectivity index (χ2v) is 7.03. The molecule has 1 aliphatic heterocycles. The second-order valence-electron chi connectivity index (χ2n) is 7.03. The Morgan fingerprint density at radius 3 is 2.26 bits per heavy atom. The Hall–Kier alpha value is -3.75. The minimum Gasteiger partial charge on any atom is -0.494 e. The molecule has 0 saturated carbocycles. The number of carbonyl (C=O) groups is 4. The van der Waals surface area contributed by atoms with E-state index in [2.05, 4.69) is 0 Å². The molecule has 31 heavy (non-hydrogen) atoms. The van der Waals surface area contributed by atoms with Gasteiger partial charge in [-0.3, -0.25) is 19.3 Å². The molecule has 1 aliphatic rings. The highest BCUT2D eigenvalue weighted by Crippen LogP contribution is 2.25. The van der Waals surface area contributed by atoms with Crippen LogP contribution in [-0.4, -0.2) is 60.3 Å². The highest BCUT2D eigenvalue weighted by Gasteiger charge is 2.41. The average molecular weight is 428 g/mol. The van der Waals surface area contributed by atoms with E-state index >= 15 is 0 Å². The first-order chi connectivity index (χ1) is 14.7. The third-order valence-electron chi connectivity index (χ3n) is 4.95. The van der Waals surface area contributed by atoms with Gasteiger partial charge in [0.25, 0.3) is 17.7 Å². The molecule has 3 rings (SSSR count). The van der Waals surface area contributed by atoms with Crippen molar-refractivity contribution in [1.29, 1.82) is 0 Å². The summed E-state index contributed by atoms with van der Waals surface area (Å²) in [7, 11) is 2.83. The highest BCUT2D eigenvalue weighted by atomic mass is 19.1. The van der Waals surface area contributed by atoms with Gasteiger partial charge in [0.15, 0.2) is 18.2 Å². The molecule has 2 aromatic carbocycles. The summed E-state index contributed by atoms with van der Waals surface area (Å²) in [6.07, 6.45) is 0. The molecular formula is C22H21FN2O6. The number of ether oxygens (including phenoxy) is 2. The van der Waals surface area contributed by atoms with Crippen LogP contribution in [0.1, 0.15) is 33.2 Å². The molecule has 0 aliphatic carbocycles. The quantitative estimate of drug-likeness (QED) is 0.495. The SMILES string of the molecule is COc1ccc(CN(C)C(=O)COC(=O)C(C)N2C(=O)c3ccccc3C2=O)cc1F. The van der Waals surface area contributed by atoms with Gasteiger partial charge in [-0.15, -0.1) is 0 Å². The van der Waals surface area contributed by atoms with Crippen LogP contribution in [0.15, 0.2) is 42.5 Å². The van der Waals surface area contributed by atoms with Gasteiger partial charge in [-0.1, -0.05) is 18.2 Å². The van der Waals surface area contributed by atoms with Crippen LogP contribution in [0.4, 0.5) is 4.39 Å². The van der Waals surface area contributed by atoms with Crippen molar-refractivity contribution >= 4 is 23.7 Å². The van der Waals surface area contributed by atoms with Crippen LogP contribution in [0, 0.1) is 5.82 Å². The molecule has 0 fully saturated rings. The maximum absolute atomic E-state index is 13.8. The minimum absolute atomic E-state index is 0.0885. The number of likely N-dealkylation sites (N-methyl/N-ethyl adjacent to an activating group) is 1. The van der Waals surface area contributed by atoms with Crippen LogP contribution in [0.3, 0.4) is 0 Å². The van der Waals surface area contributed by atoms with Gasteiger partial charge in [0, 0.05) is 13.6 Å². The normalized spacial score (nSPS) is 13.6. The lowest BCUT2D eigenvalue weighted by atomic mass is 10.1. The average Bonchev–Trinajstić information content (AvgIpc) is 3.01. The van der Waals surface area contributed by atoms with Crippen LogP contribution in [0.5, 0.6) is 5.75 Å². The lowest BCUT2D eigenvalue weighted by Gasteiger charge is -2.22. The van der Waals surface area contributed by atoms with Gasteiger partial charge in [-0.25, -0.2) is 9.18 Å². The van der Waals surface area contributed by atoms with Crippen molar-refractivity contribution < 1.29 is 33.0 Å². The maximum atomic E-state index is 13.8. The molecule has 3 amide bonds. The lowest BCUT2D eigenvalue weighted by molar-refractivity contribution is -0.154. The van der Waals surface area contributed by atoms with Crippen molar-refractivity contribution in [1.82, 2.24) is 9.80 Å². The van der Waals surface area contributed by atoms with E-state index in [1.54, 1.807) is 18.2 Å². The van der Waals surface area contributed by atoms with Gasteiger partial charge in [-0.2, -0.15) is 0 Å². The molecule has 8 nitrogen and oxygen atoms in total. The number of fused-ring (bicyclic) bond motifs is 1. The first-order valence-electron chi connectivity index (χ1n) is 9.44. The van der Waals surface area contributed by atoms with Crippen molar-refractivity contribution in [2.75, 3.05) is 20.8 Å². The second kappa shape index (κ2) is 8.95. The molecule has 0 saturated heterocycles. The molecule has 162 valence electrons. The van der Waals surface area contributed by atoms with Gasteiger partial charge < -0.3 is 14.4 Å². The summed E-state index contributed by atoms with van der Waals surface area (Å²) in [5.41, 5.74) is 0.962. The number of benzene rings is 2. The molecule has 1 atom stereocenters. The van der Waals surface area contributed by atoms with Crippen molar-refractivity contribution in [2.45, 2.75) is 19.5 Å². The number of amides is 3. The fourth-order valence-corrected chi connectivity index (χ4v) is 3.20. The van der Waals surface area contributed by atoms with E-state index in [0.29, 0.717) is 5.56 Å². The Morgan fingerprint density at radius 1 is 1.10 bits per heavy atom. The Balaban J connectivity index is 1.56. The number of rotatable bonds is 7. The molecular weight excluding hydrogens is 407 g/mol. The summed E-state index contributed by atoms with van der Waals surface area (Å²) in [6, 6.07) is 9.39. The number of halogens is 1. The van der Waals surface area contributed by atoms with Gasteiger partial charge in [0.1, 0.15) is 6.04 Å². The molecule has 1 heterocycles. The molecule has 0 spiro atoms. The van der Waals surface area contributed by atoms with Crippen molar-refractivity contribution in [2.24, 2.45) is 0 Å². The summed E-state index contributed by atoms with van der Waals surface area (Å²) >= 11 is 0. The lowest BCUT2D eigenvalue weighted by Crippen LogP contribution is -2.44. The zero-order valence-corrected chi connectivity index (χ0v) is 17.3. The summed E-state index contributed by atoms with van der Waals surface area (Å²) < 4.78 is 23.7. The highest BCUT2D eigenvalue weighted by molar-refractivity contribution is 6.22.